The highest BCUT2D eigenvalue weighted by Crippen LogP contribution is 2.11. The van der Waals surface area contributed by atoms with Crippen LogP contribution < -0.4 is 11.3 Å². The van der Waals surface area contributed by atoms with Gasteiger partial charge in [0.05, 0.1) is 0 Å². The predicted octanol–water partition coefficient (Wildman–Crippen LogP) is 3.27. The van der Waals surface area contributed by atoms with Gasteiger partial charge in [-0.2, -0.15) is 8.78 Å². The van der Waals surface area contributed by atoms with E-state index in [0.29, 0.717) is 12.8 Å². The molecule has 0 aliphatic rings. The molecule has 0 aromatic carbocycles. The summed E-state index contributed by atoms with van der Waals surface area (Å²) in [5.41, 5.74) is 2.09. The molecule has 17 heavy (non-hydrogen) atoms. The van der Waals surface area contributed by atoms with Crippen molar-refractivity contribution in [2.45, 2.75) is 57.8 Å². The van der Waals surface area contributed by atoms with Crippen molar-refractivity contribution in [1.29, 1.82) is 0 Å². The molecule has 5 heteroatoms. The normalized spacial score (nSPS) is 10.1. The highest BCUT2D eigenvalue weighted by atomic mass is 19.3. The molecule has 0 rings (SSSR count). The summed E-state index contributed by atoms with van der Waals surface area (Å²) < 4.78 is 23.3. The molecule has 100 valence electrons. The second-order valence-corrected chi connectivity index (χ2v) is 4.07. The number of hydrazine groups is 1. The van der Waals surface area contributed by atoms with Crippen molar-refractivity contribution >= 4 is 5.91 Å². The van der Waals surface area contributed by atoms with Crippen molar-refractivity contribution in [2.75, 3.05) is 0 Å². The molecule has 0 heterocycles. The molecule has 0 radical (unpaired) electrons. The molecular formula is C12H22F2N2O. The van der Waals surface area contributed by atoms with E-state index in [1.807, 2.05) is 0 Å². The fourth-order valence-corrected chi connectivity index (χ4v) is 1.60. The molecule has 0 aromatic rings. The van der Waals surface area contributed by atoms with Crippen LogP contribution in [0.1, 0.15) is 57.8 Å². The molecule has 0 aromatic heterocycles. The van der Waals surface area contributed by atoms with Gasteiger partial charge in [-0.3, -0.25) is 10.2 Å². The number of unbranched alkanes of at least 4 members (excludes halogenated alkanes) is 7. The monoisotopic (exact) mass is 248 g/mol. The van der Waals surface area contributed by atoms with Gasteiger partial charge in [0.1, 0.15) is 0 Å². The Hall–Kier alpha value is -0.970. The molecule has 0 saturated heterocycles. The lowest BCUT2D eigenvalue weighted by atomic mass is 10.1. The van der Waals surface area contributed by atoms with E-state index in [1.165, 1.54) is 0 Å². The Morgan fingerprint density at radius 1 is 1.00 bits per heavy atom. The zero-order valence-electron chi connectivity index (χ0n) is 10.2. The van der Waals surface area contributed by atoms with Crippen LogP contribution in [-0.2, 0) is 4.79 Å². The summed E-state index contributed by atoms with van der Waals surface area (Å²) in [5, 5.41) is 0. The summed E-state index contributed by atoms with van der Waals surface area (Å²) >= 11 is 0. The lowest BCUT2D eigenvalue weighted by molar-refractivity contribution is -0.121. The number of halogens is 2. The van der Waals surface area contributed by atoms with E-state index in [2.05, 4.69) is 5.43 Å². The Balaban J connectivity index is 3.09. The van der Waals surface area contributed by atoms with Gasteiger partial charge >= 0.3 is 0 Å². The second kappa shape index (κ2) is 11.5. The topological polar surface area (TPSA) is 55.1 Å². The summed E-state index contributed by atoms with van der Waals surface area (Å²) in [6, 6.07) is 0. The molecule has 0 unspecified atom stereocenters. The minimum Gasteiger partial charge on any atom is -0.294 e. The van der Waals surface area contributed by atoms with Gasteiger partial charge in [0.25, 0.3) is 6.08 Å². The minimum absolute atomic E-state index is 0.120. The Morgan fingerprint density at radius 3 is 2.06 bits per heavy atom. The average Bonchev–Trinajstić information content (AvgIpc) is 2.30. The maximum absolute atomic E-state index is 11.7. The van der Waals surface area contributed by atoms with Crippen molar-refractivity contribution in [3.05, 3.63) is 12.2 Å². The van der Waals surface area contributed by atoms with E-state index in [1.54, 1.807) is 0 Å². The maximum Gasteiger partial charge on any atom is 0.266 e. The molecule has 3 N–H and O–H groups in total. The molecule has 1 amide bonds. The largest absolute Gasteiger partial charge is 0.294 e. The fourth-order valence-electron chi connectivity index (χ4n) is 1.60. The van der Waals surface area contributed by atoms with Crippen LogP contribution in [0.4, 0.5) is 8.78 Å². The summed E-state index contributed by atoms with van der Waals surface area (Å²) in [5.74, 6) is 4.82. The Kier molecular flexibility index (Phi) is 10.9. The average molecular weight is 248 g/mol. The number of hydrogen-bond acceptors (Lipinski definition) is 2. The van der Waals surface area contributed by atoms with E-state index < -0.39 is 6.08 Å². The molecule has 3 nitrogen and oxygen atoms in total. The SMILES string of the molecule is NNC(=O)CCCCCCCCCC=C(F)F. The molecular weight excluding hydrogens is 226 g/mol. The quantitative estimate of drug-likeness (QED) is 0.270. The van der Waals surface area contributed by atoms with Crippen LogP contribution in [-0.4, -0.2) is 5.91 Å². The third kappa shape index (κ3) is 13.0. The first kappa shape index (κ1) is 16.0. The van der Waals surface area contributed by atoms with E-state index in [0.717, 1.165) is 51.0 Å². The number of rotatable bonds is 10. The van der Waals surface area contributed by atoms with Gasteiger partial charge in [0.2, 0.25) is 5.91 Å². The van der Waals surface area contributed by atoms with Crippen LogP contribution >= 0.6 is 0 Å². The number of hydrogen-bond donors (Lipinski definition) is 2. The third-order valence-electron chi connectivity index (χ3n) is 2.57. The molecule has 0 aliphatic heterocycles. The van der Waals surface area contributed by atoms with Gasteiger partial charge in [0, 0.05) is 6.42 Å². The number of carbonyl (C=O) groups is 1. The summed E-state index contributed by atoms with van der Waals surface area (Å²) in [7, 11) is 0. The number of carbonyl (C=O) groups excluding carboxylic acids is 1. The fraction of sp³-hybridized carbons (Fsp3) is 0.750. The number of allylic oxidation sites excluding steroid dienone is 1. The van der Waals surface area contributed by atoms with Gasteiger partial charge in [-0.25, -0.2) is 5.84 Å². The molecule has 0 spiro atoms. The van der Waals surface area contributed by atoms with Crippen LogP contribution in [0, 0.1) is 0 Å². The smallest absolute Gasteiger partial charge is 0.266 e. The van der Waals surface area contributed by atoms with Crippen LogP contribution in [0.3, 0.4) is 0 Å². The van der Waals surface area contributed by atoms with Crippen molar-refractivity contribution in [1.82, 2.24) is 5.43 Å². The Morgan fingerprint density at radius 2 is 1.53 bits per heavy atom. The van der Waals surface area contributed by atoms with Crippen molar-refractivity contribution in [3.8, 4) is 0 Å². The molecule has 0 fully saturated rings. The van der Waals surface area contributed by atoms with E-state index >= 15 is 0 Å². The van der Waals surface area contributed by atoms with E-state index in [4.69, 9.17) is 5.84 Å². The minimum atomic E-state index is -1.58. The highest BCUT2D eigenvalue weighted by molar-refractivity contribution is 5.74. The Bertz CT molecular complexity index is 229. The van der Waals surface area contributed by atoms with Crippen LogP contribution in [0.2, 0.25) is 0 Å². The van der Waals surface area contributed by atoms with Gasteiger partial charge in [-0.15, -0.1) is 0 Å². The molecule has 0 bridgehead atoms. The first-order valence-electron chi connectivity index (χ1n) is 6.17. The second-order valence-electron chi connectivity index (χ2n) is 4.07. The summed E-state index contributed by atoms with van der Waals surface area (Å²) in [4.78, 5) is 10.8. The van der Waals surface area contributed by atoms with Crippen molar-refractivity contribution in [3.63, 3.8) is 0 Å². The zero-order valence-corrected chi connectivity index (χ0v) is 10.2. The van der Waals surface area contributed by atoms with Gasteiger partial charge in [-0.05, 0) is 25.3 Å². The first-order chi connectivity index (χ1) is 8.16. The predicted molar refractivity (Wildman–Crippen MR) is 64.2 cm³/mol. The zero-order chi connectivity index (χ0) is 12.9. The third-order valence-corrected chi connectivity index (χ3v) is 2.57. The van der Waals surface area contributed by atoms with Gasteiger partial charge in [-0.1, -0.05) is 32.1 Å². The van der Waals surface area contributed by atoms with Crippen LogP contribution in [0.5, 0.6) is 0 Å². The molecule has 0 atom stereocenters. The molecule has 0 aliphatic carbocycles. The Labute approximate surface area is 101 Å². The molecule has 0 saturated carbocycles. The van der Waals surface area contributed by atoms with E-state index in [-0.39, 0.29) is 5.91 Å². The maximum atomic E-state index is 11.7. The lowest BCUT2D eigenvalue weighted by Crippen LogP contribution is -2.29. The van der Waals surface area contributed by atoms with Crippen molar-refractivity contribution in [2.24, 2.45) is 5.84 Å². The van der Waals surface area contributed by atoms with Gasteiger partial charge in [0.15, 0.2) is 0 Å². The number of nitrogens with one attached hydrogen (secondary N) is 1. The first-order valence-corrected chi connectivity index (χ1v) is 6.17. The number of amides is 1. The van der Waals surface area contributed by atoms with E-state index in [9.17, 15) is 13.6 Å². The van der Waals surface area contributed by atoms with Gasteiger partial charge < -0.3 is 0 Å². The van der Waals surface area contributed by atoms with Crippen LogP contribution in [0.25, 0.3) is 0 Å². The van der Waals surface area contributed by atoms with Crippen molar-refractivity contribution < 1.29 is 13.6 Å². The summed E-state index contributed by atoms with van der Waals surface area (Å²) in [6.07, 6.45) is 7.32. The number of nitrogens with two attached hydrogens (primary N) is 1. The highest BCUT2D eigenvalue weighted by Gasteiger charge is 1.97. The standard InChI is InChI=1S/C12H22F2N2O/c13-11(14)9-7-5-3-1-2-4-6-8-10-12(17)16-15/h9H,1-8,10,15H2,(H,16,17). The van der Waals surface area contributed by atoms with Crippen LogP contribution in [0.15, 0.2) is 12.2 Å². The lowest BCUT2D eigenvalue weighted by Gasteiger charge is -2.01. The summed E-state index contributed by atoms with van der Waals surface area (Å²) in [6.45, 7) is 0.